The Labute approximate surface area is 115 Å². The molecule has 0 atom stereocenters. The van der Waals surface area contributed by atoms with Crippen LogP contribution in [0.3, 0.4) is 0 Å². The maximum Gasteiger partial charge on any atom is 0.141 e. The molecule has 3 heteroatoms. The van der Waals surface area contributed by atoms with Gasteiger partial charge in [0.05, 0.1) is 5.41 Å². The van der Waals surface area contributed by atoms with Crippen molar-refractivity contribution in [3.63, 3.8) is 0 Å². The molecule has 0 amide bonds. The molecule has 0 aliphatic heterocycles. The van der Waals surface area contributed by atoms with Crippen LogP contribution in [0.2, 0.25) is 0 Å². The molecule has 0 aliphatic carbocycles. The fourth-order valence-electron chi connectivity index (χ4n) is 2.59. The smallest absolute Gasteiger partial charge is 0.141 e. The van der Waals surface area contributed by atoms with Crippen molar-refractivity contribution in [1.82, 2.24) is 9.97 Å². The summed E-state index contributed by atoms with van der Waals surface area (Å²) < 4.78 is 0. The third-order valence-corrected chi connectivity index (χ3v) is 3.87. The second-order valence-electron chi connectivity index (χ2n) is 4.67. The van der Waals surface area contributed by atoms with Crippen molar-refractivity contribution >= 4 is 5.82 Å². The normalized spacial score (nSPS) is 11.3. The largest absolute Gasteiger partial charge is 0.373 e. The summed E-state index contributed by atoms with van der Waals surface area (Å²) in [7, 11) is 1.88. The van der Waals surface area contributed by atoms with Crippen molar-refractivity contribution in [2.75, 3.05) is 12.4 Å². The van der Waals surface area contributed by atoms with Gasteiger partial charge in [0.2, 0.25) is 0 Å². The van der Waals surface area contributed by atoms with E-state index < -0.39 is 0 Å². The van der Waals surface area contributed by atoms with E-state index in [1.807, 2.05) is 25.4 Å². The zero-order valence-corrected chi connectivity index (χ0v) is 11.9. The number of hydrogen-bond donors (Lipinski definition) is 1. The van der Waals surface area contributed by atoms with Crippen molar-refractivity contribution < 1.29 is 0 Å². The van der Waals surface area contributed by atoms with Crippen LogP contribution in [-0.4, -0.2) is 17.0 Å². The second-order valence-corrected chi connectivity index (χ2v) is 4.67. The van der Waals surface area contributed by atoms with Gasteiger partial charge in [-0.05, 0) is 24.5 Å². The molecule has 0 aliphatic rings. The molecule has 0 radical (unpaired) electrons. The minimum absolute atomic E-state index is 0.103. The molecule has 1 aromatic carbocycles. The van der Waals surface area contributed by atoms with E-state index in [2.05, 4.69) is 53.4 Å². The molecule has 0 spiro atoms. The van der Waals surface area contributed by atoms with Crippen LogP contribution in [0.4, 0.5) is 5.82 Å². The quantitative estimate of drug-likeness (QED) is 0.886. The van der Waals surface area contributed by atoms with Gasteiger partial charge < -0.3 is 5.32 Å². The topological polar surface area (TPSA) is 37.8 Å². The lowest BCUT2D eigenvalue weighted by molar-refractivity contribution is 0.449. The number of rotatable bonds is 5. The first-order valence-electron chi connectivity index (χ1n) is 6.83. The average Bonchev–Trinajstić information content (AvgIpc) is 2.50. The summed E-state index contributed by atoms with van der Waals surface area (Å²) >= 11 is 0. The molecule has 3 nitrogen and oxygen atoms in total. The summed E-state index contributed by atoms with van der Waals surface area (Å²) in [5.41, 5.74) is 1.18. The molecule has 100 valence electrons. The molecule has 0 saturated heterocycles. The summed E-state index contributed by atoms with van der Waals surface area (Å²) in [6.07, 6.45) is 3.80. The molecular formula is C16H21N3. The standard InChI is InChI=1S/C16H21N3/c1-4-16(5-2,13-9-7-6-8-10-13)15-18-12-11-14(17-3)19-15/h6-12H,4-5H2,1-3H3,(H,17,18,19). The van der Waals surface area contributed by atoms with Crippen LogP contribution >= 0.6 is 0 Å². The Morgan fingerprint density at radius 3 is 2.32 bits per heavy atom. The van der Waals surface area contributed by atoms with Crippen molar-refractivity contribution in [3.05, 3.63) is 54.0 Å². The van der Waals surface area contributed by atoms with Gasteiger partial charge in [0.15, 0.2) is 0 Å². The van der Waals surface area contributed by atoms with Crippen LogP contribution in [0, 0.1) is 0 Å². The van der Waals surface area contributed by atoms with E-state index in [1.54, 1.807) is 0 Å². The number of nitrogens with one attached hydrogen (secondary N) is 1. The van der Waals surface area contributed by atoms with Crippen LogP contribution in [0.25, 0.3) is 0 Å². The Balaban J connectivity index is 2.55. The number of anilines is 1. The highest BCUT2D eigenvalue weighted by Crippen LogP contribution is 2.36. The fourth-order valence-corrected chi connectivity index (χ4v) is 2.59. The molecule has 1 aromatic heterocycles. The first kappa shape index (κ1) is 13.5. The van der Waals surface area contributed by atoms with Crippen molar-refractivity contribution in [2.45, 2.75) is 32.1 Å². The highest BCUT2D eigenvalue weighted by atomic mass is 15.0. The van der Waals surface area contributed by atoms with Crippen molar-refractivity contribution in [3.8, 4) is 0 Å². The van der Waals surface area contributed by atoms with Crippen LogP contribution < -0.4 is 5.32 Å². The lowest BCUT2D eigenvalue weighted by atomic mass is 9.75. The van der Waals surface area contributed by atoms with E-state index in [0.29, 0.717) is 0 Å². The number of benzene rings is 1. The van der Waals surface area contributed by atoms with Gasteiger partial charge in [-0.15, -0.1) is 0 Å². The van der Waals surface area contributed by atoms with Crippen molar-refractivity contribution in [2.24, 2.45) is 0 Å². The van der Waals surface area contributed by atoms with Gasteiger partial charge in [0.1, 0.15) is 11.6 Å². The van der Waals surface area contributed by atoms with E-state index in [1.165, 1.54) is 5.56 Å². The van der Waals surface area contributed by atoms with Gasteiger partial charge in [0, 0.05) is 13.2 Å². The number of aromatic nitrogens is 2. The van der Waals surface area contributed by atoms with Gasteiger partial charge >= 0.3 is 0 Å². The number of hydrogen-bond acceptors (Lipinski definition) is 3. The third kappa shape index (κ3) is 2.46. The molecule has 0 unspecified atom stereocenters. The summed E-state index contributed by atoms with van der Waals surface area (Å²) in [5.74, 6) is 1.77. The maximum atomic E-state index is 4.66. The molecule has 2 rings (SSSR count). The Bertz CT molecular complexity index is 519. The van der Waals surface area contributed by atoms with E-state index in [-0.39, 0.29) is 5.41 Å². The summed E-state index contributed by atoms with van der Waals surface area (Å²) in [6.45, 7) is 4.40. The lowest BCUT2D eigenvalue weighted by Gasteiger charge is -2.30. The maximum absolute atomic E-state index is 4.66. The van der Waals surface area contributed by atoms with E-state index in [4.69, 9.17) is 0 Å². The SMILES string of the molecule is CCC(CC)(c1ccccc1)c1nccc(NC)n1. The minimum Gasteiger partial charge on any atom is -0.373 e. The first-order chi connectivity index (χ1) is 9.26. The Morgan fingerprint density at radius 2 is 1.74 bits per heavy atom. The predicted octanol–water partition coefficient (Wildman–Crippen LogP) is 3.62. The highest BCUT2D eigenvalue weighted by molar-refractivity contribution is 5.38. The first-order valence-corrected chi connectivity index (χ1v) is 6.83. The average molecular weight is 255 g/mol. The van der Waals surface area contributed by atoms with Gasteiger partial charge in [0.25, 0.3) is 0 Å². The summed E-state index contributed by atoms with van der Waals surface area (Å²) in [5, 5.41) is 3.09. The zero-order valence-electron chi connectivity index (χ0n) is 11.9. The van der Waals surface area contributed by atoms with Crippen LogP contribution in [-0.2, 0) is 5.41 Å². The molecule has 0 bridgehead atoms. The fraction of sp³-hybridized carbons (Fsp3) is 0.375. The van der Waals surface area contributed by atoms with Gasteiger partial charge in [-0.1, -0.05) is 44.2 Å². The summed E-state index contributed by atoms with van der Waals surface area (Å²) in [4.78, 5) is 9.19. The zero-order chi connectivity index (χ0) is 13.7. The molecule has 2 aromatic rings. The van der Waals surface area contributed by atoms with E-state index in [0.717, 1.165) is 24.5 Å². The predicted molar refractivity (Wildman–Crippen MR) is 79.4 cm³/mol. The van der Waals surface area contributed by atoms with Gasteiger partial charge in [-0.2, -0.15) is 0 Å². The van der Waals surface area contributed by atoms with Crippen LogP contribution in [0.1, 0.15) is 38.1 Å². The number of nitrogens with zero attached hydrogens (tertiary/aromatic N) is 2. The lowest BCUT2D eigenvalue weighted by Crippen LogP contribution is -2.29. The monoisotopic (exact) mass is 255 g/mol. The van der Waals surface area contributed by atoms with Crippen molar-refractivity contribution in [1.29, 1.82) is 0 Å². The minimum atomic E-state index is -0.103. The van der Waals surface area contributed by atoms with Gasteiger partial charge in [-0.3, -0.25) is 0 Å². The van der Waals surface area contributed by atoms with Gasteiger partial charge in [-0.25, -0.2) is 9.97 Å². The summed E-state index contributed by atoms with van der Waals surface area (Å²) in [6, 6.07) is 12.4. The Hall–Kier alpha value is -1.90. The highest BCUT2D eigenvalue weighted by Gasteiger charge is 2.33. The molecule has 1 heterocycles. The second kappa shape index (κ2) is 5.83. The Morgan fingerprint density at radius 1 is 1.05 bits per heavy atom. The third-order valence-electron chi connectivity index (χ3n) is 3.87. The van der Waals surface area contributed by atoms with E-state index >= 15 is 0 Å². The van der Waals surface area contributed by atoms with Crippen LogP contribution in [0.5, 0.6) is 0 Å². The Kier molecular flexibility index (Phi) is 4.15. The molecular weight excluding hydrogens is 234 g/mol. The molecule has 0 fully saturated rings. The molecule has 19 heavy (non-hydrogen) atoms. The molecule has 1 N–H and O–H groups in total. The van der Waals surface area contributed by atoms with E-state index in [9.17, 15) is 0 Å². The molecule has 0 saturated carbocycles. The van der Waals surface area contributed by atoms with Crippen LogP contribution in [0.15, 0.2) is 42.6 Å².